The molecule has 0 saturated carbocycles. The Morgan fingerprint density at radius 1 is 0.409 bits per heavy atom. The number of hydrogen-bond acceptors (Lipinski definition) is 19. The maximum atomic E-state index is 14.5. The number of nitrogens with zero attached hydrogens (tertiary/aromatic N) is 4. The van der Waals surface area contributed by atoms with Gasteiger partial charge < -0.3 is 112 Å². The molecule has 11 amide bonds. The lowest BCUT2D eigenvalue weighted by Gasteiger charge is -2.32. The number of aromatic carboxylic acids is 1. The SMILES string of the molecule is CN=C(N)NCCC[C@@H]1NC(=O)[C@@H](CCCN)N(C)C(=O)[C@@H](Cc2ccc(O)c(I)c2)NC(=O)CNC(=O)[C@H](Cc2ccc3ccccc3c2)NC1=O.CN=C(N)NCCC[C@@H]1NC(=O)[C@@H](CCCNC(=O)c2ccc(CN)cc2)N(C)C(=O)[C@@H](Cc2ccc(O)c(I)c2)NC(=O)CNC(=O)[C@H](Cc2ccc3ccccc3c2)NC1=O.NCc1ccc(C(=O)O)cc1. The Hall–Kier alpha value is -12.6. The number of hydrogen-bond donors (Lipinski definition) is 19. The van der Waals surface area contributed by atoms with Crippen LogP contribution in [-0.2, 0) is 86.7 Å². The fourth-order valence-electron chi connectivity index (χ4n) is 14.0. The summed E-state index contributed by atoms with van der Waals surface area (Å²) in [6.07, 6.45) is 2.07. The second-order valence-corrected chi connectivity index (χ2v) is 32.7. The minimum absolute atomic E-state index is 0.0169. The monoisotopic (exact) mass is 1970 g/mol. The molecule has 0 aromatic heterocycles. The minimum atomic E-state index is -1.21. The largest absolute Gasteiger partial charge is 0.507 e. The number of carbonyl (C=O) groups is 12. The summed E-state index contributed by atoms with van der Waals surface area (Å²) in [5, 5.41) is 63.4. The van der Waals surface area contributed by atoms with E-state index in [1.807, 2.05) is 130 Å². The first kappa shape index (κ1) is 99.8. The highest BCUT2D eigenvalue weighted by atomic mass is 127. The summed E-state index contributed by atoms with van der Waals surface area (Å²) in [7, 11) is 5.97. The number of halogens is 2. The molecular formula is C90H112I2N20O15. The van der Waals surface area contributed by atoms with Crippen LogP contribution in [0.15, 0.2) is 180 Å². The molecular weight excluding hydrogens is 1850 g/mol. The number of aromatic hydroxyl groups is 2. The quantitative estimate of drug-likeness (QED) is 0.0152. The predicted molar refractivity (Wildman–Crippen MR) is 500 cm³/mol. The smallest absolute Gasteiger partial charge is 0.335 e. The molecule has 676 valence electrons. The summed E-state index contributed by atoms with van der Waals surface area (Å²) >= 11 is 3.92. The number of phenolic OH excluding ortho intramolecular Hbond substituents is 2. The van der Waals surface area contributed by atoms with Gasteiger partial charge in [0, 0.05) is 92.2 Å². The summed E-state index contributed by atoms with van der Waals surface area (Å²) in [6, 6.07) is 40.8. The van der Waals surface area contributed by atoms with Crippen LogP contribution in [0.3, 0.4) is 0 Å². The van der Waals surface area contributed by atoms with Gasteiger partial charge >= 0.3 is 5.97 Å². The second-order valence-electron chi connectivity index (χ2n) is 30.4. The van der Waals surface area contributed by atoms with E-state index >= 15 is 0 Å². The van der Waals surface area contributed by atoms with E-state index in [4.69, 9.17) is 33.8 Å². The molecule has 37 heteroatoms. The molecule has 8 aromatic carbocycles. The fraction of sp³-hybridized carbons (Fsp3) is 0.356. The Balaban J connectivity index is 0.000000283. The van der Waals surface area contributed by atoms with E-state index in [0.29, 0.717) is 74.8 Å². The van der Waals surface area contributed by atoms with Crippen LogP contribution in [0, 0.1) is 7.14 Å². The van der Waals surface area contributed by atoms with Crippen LogP contribution in [0.25, 0.3) is 21.5 Å². The van der Waals surface area contributed by atoms with Crippen LogP contribution in [0.4, 0.5) is 0 Å². The summed E-state index contributed by atoms with van der Waals surface area (Å²) in [5.74, 6) is -7.01. The molecule has 2 aliphatic heterocycles. The zero-order valence-electron chi connectivity index (χ0n) is 71.1. The molecule has 0 unspecified atom stereocenters. The highest BCUT2D eigenvalue weighted by Crippen LogP contribution is 2.26. The number of carbonyl (C=O) groups excluding carboxylic acids is 11. The van der Waals surface area contributed by atoms with Gasteiger partial charge in [0.2, 0.25) is 59.1 Å². The van der Waals surface area contributed by atoms with Crippen molar-refractivity contribution in [3.63, 3.8) is 0 Å². The lowest BCUT2D eigenvalue weighted by atomic mass is 10.00. The molecule has 35 nitrogen and oxygen atoms in total. The number of carboxylic acids is 1. The Bertz CT molecular complexity index is 5240. The van der Waals surface area contributed by atoms with E-state index in [0.717, 1.165) is 43.8 Å². The number of likely N-dealkylation sites (N-methyl/N-ethyl adjacent to an activating group) is 2. The molecule has 2 heterocycles. The number of nitrogens with one attached hydrogen (secondary N) is 11. The van der Waals surface area contributed by atoms with Gasteiger partial charge in [-0.2, -0.15) is 0 Å². The van der Waals surface area contributed by atoms with Crippen molar-refractivity contribution in [1.82, 2.24) is 68.3 Å². The van der Waals surface area contributed by atoms with Crippen molar-refractivity contribution in [3.8, 4) is 11.5 Å². The predicted octanol–water partition coefficient (Wildman–Crippen LogP) is 2.57. The molecule has 10 rings (SSSR count). The Morgan fingerprint density at radius 2 is 0.756 bits per heavy atom. The lowest BCUT2D eigenvalue weighted by Crippen LogP contribution is -2.58. The molecule has 127 heavy (non-hydrogen) atoms. The topological polar surface area (TPSA) is 559 Å². The van der Waals surface area contributed by atoms with Gasteiger partial charge in [-0.1, -0.05) is 121 Å². The Labute approximate surface area is 763 Å². The van der Waals surface area contributed by atoms with Crippen molar-refractivity contribution < 1.29 is 72.9 Å². The third-order valence-corrected chi connectivity index (χ3v) is 23.0. The van der Waals surface area contributed by atoms with Gasteiger partial charge in [-0.05, 0) is 207 Å². The van der Waals surface area contributed by atoms with Crippen molar-refractivity contribution in [2.75, 3.05) is 67.5 Å². The van der Waals surface area contributed by atoms with Crippen LogP contribution in [0.1, 0.15) is 105 Å². The molecule has 2 aliphatic rings. The summed E-state index contributed by atoms with van der Waals surface area (Å²) in [6.45, 7) is 0.837. The van der Waals surface area contributed by atoms with Crippen LogP contribution in [0.2, 0.25) is 0 Å². The average Bonchev–Trinajstić information content (AvgIpc) is 1.72. The number of carboxylic acid groups (broad SMARTS) is 1. The van der Waals surface area contributed by atoms with Gasteiger partial charge in [-0.25, -0.2) is 4.79 Å². The van der Waals surface area contributed by atoms with Crippen molar-refractivity contribution in [3.05, 3.63) is 222 Å². The van der Waals surface area contributed by atoms with Gasteiger partial charge in [-0.3, -0.25) is 62.7 Å². The highest BCUT2D eigenvalue weighted by Gasteiger charge is 2.39. The third kappa shape index (κ3) is 31.2. The molecule has 0 spiro atoms. The summed E-state index contributed by atoms with van der Waals surface area (Å²) in [4.78, 5) is 174. The van der Waals surface area contributed by atoms with Crippen molar-refractivity contribution in [2.24, 2.45) is 38.7 Å². The van der Waals surface area contributed by atoms with E-state index in [-0.39, 0.29) is 100 Å². The second kappa shape index (κ2) is 50.5. The van der Waals surface area contributed by atoms with E-state index in [1.54, 1.807) is 72.8 Å². The number of benzene rings is 8. The Kier molecular flexibility index (Phi) is 39.7. The molecule has 0 radical (unpaired) electrons. The van der Waals surface area contributed by atoms with Gasteiger partial charge in [0.25, 0.3) is 5.91 Å². The first-order chi connectivity index (χ1) is 60.9. The third-order valence-electron chi connectivity index (χ3n) is 21.2. The lowest BCUT2D eigenvalue weighted by molar-refractivity contribution is -0.142. The number of nitrogens with two attached hydrogens (primary N) is 5. The molecule has 0 aliphatic carbocycles. The van der Waals surface area contributed by atoms with Crippen LogP contribution in [0.5, 0.6) is 11.5 Å². The van der Waals surface area contributed by atoms with E-state index < -0.39 is 126 Å². The molecule has 0 bridgehead atoms. The van der Waals surface area contributed by atoms with E-state index in [2.05, 4.69) is 68.5 Å². The number of guanidine groups is 2. The van der Waals surface area contributed by atoms with Crippen molar-refractivity contribution >= 4 is 150 Å². The fourth-order valence-corrected chi connectivity index (χ4v) is 15.2. The van der Waals surface area contributed by atoms with Gasteiger partial charge in [0.1, 0.15) is 59.8 Å². The molecule has 24 N–H and O–H groups in total. The molecule has 8 aromatic rings. The Morgan fingerprint density at radius 3 is 1.14 bits per heavy atom. The van der Waals surface area contributed by atoms with Gasteiger partial charge in [-0.15, -0.1) is 0 Å². The number of amides is 11. The van der Waals surface area contributed by atoms with Crippen LogP contribution in [-0.4, -0.2) is 224 Å². The van der Waals surface area contributed by atoms with Crippen molar-refractivity contribution in [2.45, 2.75) is 138 Å². The maximum absolute atomic E-state index is 14.5. The van der Waals surface area contributed by atoms with Crippen LogP contribution >= 0.6 is 45.2 Å². The number of phenols is 2. The van der Waals surface area contributed by atoms with Crippen molar-refractivity contribution in [1.29, 1.82) is 0 Å². The first-order valence-electron chi connectivity index (χ1n) is 41.4. The standard InChI is InChI=1S/C45H55IN10O7.C37H48IN9O6.C8H9NO2/c1-49-45(48)51-20-5-9-34-42(61)55-35(23-28-13-15-30-7-3-4-8-32(30)21-28)41(60)52-26-39(58)53-36(24-29-14-18-38(57)33(46)22-29)44(63)56(2)37(43(62)54-34)10-6-19-50-40(59)31-16-11-27(25-47)12-17-31;1-41-37(40)42-16-6-9-27-34(51)46-28(19-22-11-13-24-7-3-4-8-25(24)17-22)33(50)43-21-32(49)44-29(20-23-12-14-31(48)26(38)18-23)36(53)47(2)30(10-5-15-39)35(52)45-27;9-5-6-1-3-7(4-2-6)8(10)11/h3-4,7-8,11-18,21-22,34-37,57H,5-6,9-10,19-20,23-26,47H2,1-2H3,(H,50,59)(H,52,60)(H,53,58)(H,54,62)(H,55,61)(H3,48,49,51);3-4,7-8,11-14,17-18,27-30,48H,5-6,9-10,15-16,19-21,39H2,1-2H3,(H,43,50)(H,44,49)(H,45,52)(H,46,51)(H3,40,41,42);1-4H,5,9H2,(H,10,11)/t34-,35-,36+,37+;27-,28-,29+,30+;/m00./s1. The normalized spacial score (nSPS) is 19.1. The number of rotatable bonds is 27. The first-order valence-corrected chi connectivity index (χ1v) is 43.6. The average molecular weight is 1970 g/mol. The minimum Gasteiger partial charge on any atom is -0.507 e. The van der Waals surface area contributed by atoms with E-state index in [9.17, 15) is 67.7 Å². The van der Waals surface area contributed by atoms with E-state index in [1.165, 1.54) is 50.1 Å². The highest BCUT2D eigenvalue weighted by molar-refractivity contribution is 14.1. The van der Waals surface area contributed by atoms with Gasteiger partial charge in [0.05, 0.1) is 25.8 Å². The summed E-state index contributed by atoms with van der Waals surface area (Å²) in [5.41, 5.74) is 33.7. The van der Waals surface area contributed by atoms with Gasteiger partial charge in [0.15, 0.2) is 11.9 Å². The zero-order valence-corrected chi connectivity index (χ0v) is 75.4. The molecule has 2 fully saturated rings. The number of aliphatic imine (C=N–C) groups is 2. The molecule has 8 atom stereocenters. The van der Waals surface area contributed by atoms with Crippen LogP contribution < -0.4 is 87.2 Å². The molecule has 2 saturated heterocycles. The zero-order chi connectivity index (χ0) is 92.2. The number of fused-ring (bicyclic) bond motifs is 2. The maximum Gasteiger partial charge on any atom is 0.335 e. The summed E-state index contributed by atoms with van der Waals surface area (Å²) < 4.78 is 1.08.